The van der Waals surface area contributed by atoms with Gasteiger partial charge in [-0.2, -0.15) is 11.8 Å². The maximum atomic E-state index is 12.1. The Hall–Kier alpha value is -1.20. The van der Waals surface area contributed by atoms with Crippen LogP contribution in [0.15, 0.2) is 24.3 Å². The Bertz CT molecular complexity index is 433. The lowest BCUT2D eigenvalue weighted by Gasteiger charge is -2.24. The van der Waals surface area contributed by atoms with Gasteiger partial charge in [-0.05, 0) is 24.6 Å². The minimum atomic E-state index is -0.0770. The molecule has 1 amide bonds. The van der Waals surface area contributed by atoms with Crippen molar-refractivity contribution in [2.24, 2.45) is 0 Å². The van der Waals surface area contributed by atoms with Crippen LogP contribution in [-0.4, -0.2) is 37.1 Å². The van der Waals surface area contributed by atoms with Crippen LogP contribution in [0.2, 0.25) is 0 Å². The molecule has 0 aliphatic carbocycles. The number of benzene rings is 1. The molecule has 2 atom stereocenters. The third kappa shape index (κ3) is 3.88. The predicted octanol–water partition coefficient (Wildman–Crippen LogP) is 1.58. The molecule has 1 aromatic carbocycles. The molecule has 2 N–H and O–H groups in total. The highest BCUT2D eigenvalue weighted by atomic mass is 32.2. The molecule has 4 nitrogen and oxygen atoms in total. The van der Waals surface area contributed by atoms with Crippen molar-refractivity contribution in [1.29, 1.82) is 0 Å². The van der Waals surface area contributed by atoms with Crippen molar-refractivity contribution in [3.05, 3.63) is 29.8 Å². The highest BCUT2D eigenvalue weighted by Crippen LogP contribution is 2.19. The number of amides is 1. The molecule has 1 unspecified atom stereocenters. The number of hydrogen-bond donors (Lipinski definition) is 2. The van der Waals surface area contributed by atoms with Crippen molar-refractivity contribution in [2.45, 2.75) is 19.0 Å². The summed E-state index contributed by atoms with van der Waals surface area (Å²) < 4.78 is 5.20. The van der Waals surface area contributed by atoms with Gasteiger partial charge in [0.1, 0.15) is 5.75 Å². The quantitative estimate of drug-likeness (QED) is 0.879. The minimum Gasteiger partial charge on any atom is -0.497 e. The molecule has 1 aliphatic heterocycles. The number of thioether (sulfide) groups is 1. The van der Waals surface area contributed by atoms with E-state index in [1.807, 2.05) is 43.0 Å². The second-order valence-electron chi connectivity index (χ2n) is 4.59. The van der Waals surface area contributed by atoms with E-state index >= 15 is 0 Å². The lowest BCUT2D eigenvalue weighted by molar-refractivity contribution is -0.123. The average Bonchev–Trinajstić information content (AvgIpc) is 2.48. The van der Waals surface area contributed by atoms with Crippen LogP contribution in [-0.2, 0) is 4.79 Å². The monoisotopic (exact) mass is 280 g/mol. The second-order valence-corrected chi connectivity index (χ2v) is 5.74. The Morgan fingerprint density at radius 2 is 2.42 bits per heavy atom. The van der Waals surface area contributed by atoms with Crippen LogP contribution in [0.1, 0.15) is 18.5 Å². The fraction of sp³-hybridized carbons (Fsp3) is 0.500. The molecule has 0 radical (unpaired) electrons. The van der Waals surface area contributed by atoms with Gasteiger partial charge in [-0.3, -0.25) is 4.79 Å². The number of hydrogen-bond acceptors (Lipinski definition) is 4. The van der Waals surface area contributed by atoms with Gasteiger partial charge >= 0.3 is 0 Å². The normalized spacial score (nSPS) is 20.6. The molecule has 1 heterocycles. The Kier molecular flexibility index (Phi) is 5.10. The molecule has 1 aliphatic rings. The van der Waals surface area contributed by atoms with Gasteiger partial charge in [-0.15, -0.1) is 0 Å². The van der Waals surface area contributed by atoms with E-state index in [1.165, 1.54) is 0 Å². The summed E-state index contributed by atoms with van der Waals surface area (Å²) in [6.45, 7) is 2.89. The number of nitrogens with one attached hydrogen (secondary N) is 2. The van der Waals surface area contributed by atoms with Crippen LogP contribution in [0, 0.1) is 0 Å². The van der Waals surface area contributed by atoms with Crippen LogP contribution in [0.25, 0.3) is 0 Å². The van der Waals surface area contributed by atoms with Crippen molar-refractivity contribution in [1.82, 2.24) is 10.6 Å². The topological polar surface area (TPSA) is 50.4 Å². The van der Waals surface area contributed by atoms with Crippen LogP contribution >= 0.6 is 11.8 Å². The number of methoxy groups -OCH3 is 1. The smallest absolute Gasteiger partial charge is 0.238 e. The molecular formula is C14H20N2O2S. The molecule has 1 fully saturated rings. The molecule has 1 saturated heterocycles. The Morgan fingerprint density at radius 1 is 1.58 bits per heavy atom. The van der Waals surface area contributed by atoms with E-state index < -0.39 is 0 Å². The largest absolute Gasteiger partial charge is 0.497 e. The SMILES string of the molecule is COc1cccc([C@@H](C)NC(=O)C2CSCCN2)c1. The maximum absolute atomic E-state index is 12.1. The van der Waals surface area contributed by atoms with Crippen LogP contribution in [0.5, 0.6) is 5.75 Å². The number of carbonyl (C=O) groups excluding carboxylic acids is 1. The molecule has 2 rings (SSSR count). The van der Waals surface area contributed by atoms with Gasteiger partial charge in [-0.1, -0.05) is 12.1 Å². The number of ether oxygens (including phenoxy) is 1. The fourth-order valence-electron chi connectivity index (χ4n) is 2.04. The van der Waals surface area contributed by atoms with Gasteiger partial charge in [0.15, 0.2) is 0 Å². The first kappa shape index (κ1) is 14.2. The maximum Gasteiger partial charge on any atom is 0.238 e. The van der Waals surface area contributed by atoms with E-state index in [9.17, 15) is 4.79 Å². The average molecular weight is 280 g/mol. The molecule has 104 valence electrons. The van der Waals surface area contributed by atoms with Crippen molar-refractivity contribution in [3.8, 4) is 5.75 Å². The lowest BCUT2D eigenvalue weighted by Crippen LogP contribution is -2.49. The van der Waals surface area contributed by atoms with Crippen LogP contribution in [0.4, 0.5) is 0 Å². The van der Waals surface area contributed by atoms with Gasteiger partial charge < -0.3 is 15.4 Å². The summed E-state index contributed by atoms with van der Waals surface area (Å²) in [6.07, 6.45) is 0. The molecule has 19 heavy (non-hydrogen) atoms. The highest BCUT2D eigenvalue weighted by Gasteiger charge is 2.22. The molecule has 0 aromatic heterocycles. The van der Waals surface area contributed by atoms with Crippen molar-refractivity contribution in [3.63, 3.8) is 0 Å². The minimum absolute atomic E-state index is 0.0173. The van der Waals surface area contributed by atoms with Crippen molar-refractivity contribution in [2.75, 3.05) is 25.2 Å². The molecule has 0 saturated carbocycles. The van der Waals surface area contributed by atoms with E-state index in [4.69, 9.17) is 4.74 Å². The summed E-state index contributed by atoms with van der Waals surface area (Å²) in [5.74, 6) is 2.80. The summed E-state index contributed by atoms with van der Waals surface area (Å²) in [6, 6.07) is 7.69. The first-order chi connectivity index (χ1) is 9.20. The number of carbonyl (C=O) groups is 1. The van der Waals surface area contributed by atoms with Crippen molar-refractivity contribution >= 4 is 17.7 Å². The first-order valence-electron chi connectivity index (χ1n) is 6.46. The Balaban J connectivity index is 1.95. The standard InChI is InChI=1S/C14H20N2O2S/c1-10(11-4-3-5-12(8-11)18-2)16-14(17)13-9-19-7-6-15-13/h3-5,8,10,13,15H,6-7,9H2,1-2H3,(H,16,17)/t10-,13?/m1/s1. The first-order valence-corrected chi connectivity index (χ1v) is 7.61. The zero-order valence-corrected chi connectivity index (χ0v) is 12.1. The van der Waals surface area contributed by atoms with Crippen LogP contribution in [0.3, 0.4) is 0 Å². The molecule has 0 bridgehead atoms. The zero-order valence-electron chi connectivity index (χ0n) is 11.3. The van der Waals surface area contributed by atoms with E-state index in [1.54, 1.807) is 7.11 Å². The summed E-state index contributed by atoms with van der Waals surface area (Å²) in [5.41, 5.74) is 1.05. The predicted molar refractivity (Wildman–Crippen MR) is 78.7 cm³/mol. The molecule has 5 heteroatoms. The van der Waals surface area contributed by atoms with E-state index in [2.05, 4.69) is 10.6 Å². The summed E-state index contributed by atoms with van der Waals surface area (Å²) >= 11 is 1.82. The van der Waals surface area contributed by atoms with E-state index in [0.717, 1.165) is 29.4 Å². The fourth-order valence-corrected chi connectivity index (χ4v) is 2.98. The molecular weight excluding hydrogens is 260 g/mol. The van der Waals surface area contributed by atoms with Crippen molar-refractivity contribution < 1.29 is 9.53 Å². The second kappa shape index (κ2) is 6.82. The Labute approximate surface area is 118 Å². The van der Waals surface area contributed by atoms with Gasteiger partial charge in [0.25, 0.3) is 0 Å². The highest BCUT2D eigenvalue weighted by molar-refractivity contribution is 7.99. The number of rotatable bonds is 4. The van der Waals surface area contributed by atoms with E-state index in [-0.39, 0.29) is 18.0 Å². The van der Waals surface area contributed by atoms with E-state index in [0.29, 0.717) is 0 Å². The van der Waals surface area contributed by atoms with Gasteiger partial charge in [0, 0.05) is 18.1 Å². The third-order valence-electron chi connectivity index (χ3n) is 3.19. The van der Waals surface area contributed by atoms with Gasteiger partial charge in [-0.25, -0.2) is 0 Å². The summed E-state index contributed by atoms with van der Waals surface area (Å²) in [7, 11) is 1.64. The molecule has 0 spiro atoms. The summed E-state index contributed by atoms with van der Waals surface area (Å²) in [5, 5.41) is 6.29. The van der Waals surface area contributed by atoms with Gasteiger partial charge in [0.2, 0.25) is 5.91 Å². The molecule has 1 aromatic rings. The van der Waals surface area contributed by atoms with Crippen LogP contribution < -0.4 is 15.4 Å². The third-order valence-corrected chi connectivity index (χ3v) is 4.25. The van der Waals surface area contributed by atoms with Gasteiger partial charge in [0.05, 0.1) is 19.2 Å². The zero-order chi connectivity index (χ0) is 13.7. The lowest BCUT2D eigenvalue weighted by atomic mass is 10.1. The Morgan fingerprint density at radius 3 is 3.11 bits per heavy atom. The summed E-state index contributed by atoms with van der Waals surface area (Å²) in [4.78, 5) is 12.1.